The molecule has 6 heteroatoms. The Morgan fingerprint density at radius 2 is 1.89 bits per heavy atom. The Balaban J connectivity index is 1.56. The van der Waals surface area contributed by atoms with E-state index in [1.54, 1.807) is 7.11 Å². The van der Waals surface area contributed by atoms with Gasteiger partial charge in [-0.1, -0.05) is 35.9 Å². The predicted molar refractivity (Wildman–Crippen MR) is 113 cm³/mol. The van der Waals surface area contributed by atoms with Crippen LogP contribution < -0.4 is 10.1 Å². The average molecular weight is 391 g/mol. The Labute approximate surface area is 167 Å². The van der Waals surface area contributed by atoms with E-state index in [0.29, 0.717) is 11.4 Å². The number of nitrogens with zero attached hydrogens (tertiary/aromatic N) is 2. The number of aryl methyl sites for hydroxylation is 2. The van der Waals surface area contributed by atoms with E-state index in [1.807, 2.05) is 41.1 Å². The molecule has 28 heavy (non-hydrogen) atoms. The molecule has 0 fully saturated rings. The molecule has 0 radical (unpaired) electrons. The van der Waals surface area contributed by atoms with E-state index in [2.05, 4.69) is 36.5 Å². The summed E-state index contributed by atoms with van der Waals surface area (Å²) in [6.07, 6.45) is 2.26. The third kappa shape index (κ3) is 3.64. The van der Waals surface area contributed by atoms with Crippen molar-refractivity contribution in [2.24, 2.45) is 0 Å². The van der Waals surface area contributed by atoms with Gasteiger partial charge >= 0.3 is 0 Å². The van der Waals surface area contributed by atoms with Crippen LogP contribution in [-0.4, -0.2) is 22.4 Å². The summed E-state index contributed by atoms with van der Waals surface area (Å²) in [5.41, 5.74) is 5.86. The van der Waals surface area contributed by atoms with Crippen LogP contribution in [-0.2, 0) is 11.2 Å². The number of imidazole rings is 1. The molecule has 4 aromatic rings. The third-order valence-electron chi connectivity index (χ3n) is 4.60. The van der Waals surface area contributed by atoms with Crippen LogP contribution in [0.15, 0.2) is 54.0 Å². The van der Waals surface area contributed by atoms with E-state index < -0.39 is 0 Å². The lowest BCUT2D eigenvalue weighted by Crippen LogP contribution is -2.16. The Bertz CT molecular complexity index is 1140. The first-order valence-electron chi connectivity index (χ1n) is 9.00. The highest BCUT2D eigenvalue weighted by Crippen LogP contribution is 2.27. The molecule has 0 bridgehead atoms. The van der Waals surface area contributed by atoms with E-state index >= 15 is 0 Å². The largest absolute Gasteiger partial charge is 0.495 e. The highest BCUT2D eigenvalue weighted by Gasteiger charge is 2.14. The van der Waals surface area contributed by atoms with Crippen molar-refractivity contribution in [2.75, 3.05) is 12.4 Å². The number of amides is 1. The smallest absolute Gasteiger partial charge is 0.230 e. The maximum Gasteiger partial charge on any atom is 0.230 e. The van der Waals surface area contributed by atoms with E-state index in [9.17, 15) is 4.79 Å². The summed E-state index contributed by atoms with van der Waals surface area (Å²) in [7, 11) is 1.60. The van der Waals surface area contributed by atoms with Gasteiger partial charge in [-0.05, 0) is 31.5 Å². The first kappa shape index (κ1) is 18.3. The van der Waals surface area contributed by atoms with Gasteiger partial charge in [0.1, 0.15) is 5.75 Å². The molecule has 1 amide bonds. The van der Waals surface area contributed by atoms with Gasteiger partial charge in [-0.3, -0.25) is 9.20 Å². The van der Waals surface area contributed by atoms with Crippen LogP contribution in [0, 0.1) is 13.8 Å². The fraction of sp³-hybridized carbons (Fsp3) is 0.182. The summed E-state index contributed by atoms with van der Waals surface area (Å²) in [4.78, 5) is 18.2. The summed E-state index contributed by atoms with van der Waals surface area (Å²) in [6.45, 7) is 4.05. The van der Waals surface area contributed by atoms with Gasteiger partial charge in [0.15, 0.2) is 4.96 Å². The first-order valence-corrected chi connectivity index (χ1v) is 9.88. The van der Waals surface area contributed by atoms with Crippen LogP contribution in [0.4, 0.5) is 5.69 Å². The highest BCUT2D eigenvalue weighted by atomic mass is 32.1. The molecule has 0 spiro atoms. The number of anilines is 1. The Morgan fingerprint density at radius 1 is 1.14 bits per heavy atom. The molecule has 0 aliphatic carbocycles. The zero-order chi connectivity index (χ0) is 19.7. The van der Waals surface area contributed by atoms with Crippen LogP contribution in [0.25, 0.3) is 16.2 Å². The molecule has 2 heterocycles. The Kier molecular flexibility index (Phi) is 4.88. The number of carbonyl (C=O) groups is 1. The number of hydrogen-bond acceptors (Lipinski definition) is 4. The minimum absolute atomic E-state index is 0.0887. The van der Waals surface area contributed by atoms with Crippen molar-refractivity contribution in [3.63, 3.8) is 0 Å². The molecule has 4 rings (SSSR count). The summed E-state index contributed by atoms with van der Waals surface area (Å²) in [6, 6.07) is 14.0. The number of rotatable bonds is 5. The fourth-order valence-electron chi connectivity index (χ4n) is 3.10. The number of fused-ring (bicyclic) bond motifs is 1. The highest BCUT2D eigenvalue weighted by molar-refractivity contribution is 7.15. The van der Waals surface area contributed by atoms with Crippen LogP contribution in [0.3, 0.4) is 0 Å². The van der Waals surface area contributed by atoms with Gasteiger partial charge in [0, 0.05) is 22.8 Å². The third-order valence-corrected chi connectivity index (χ3v) is 5.49. The fourth-order valence-corrected chi connectivity index (χ4v) is 3.97. The van der Waals surface area contributed by atoms with Gasteiger partial charge in [0.05, 0.1) is 24.9 Å². The van der Waals surface area contributed by atoms with Gasteiger partial charge < -0.3 is 10.1 Å². The molecule has 0 aliphatic heterocycles. The van der Waals surface area contributed by atoms with Crippen molar-refractivity contribution in [2.45, 2.75) is 20.3 Å². The monoisotopic (exact) mass is 391 g/mol. The zero-order valence-electron chi connectivity index (χ0n) is 16.0. The van der Waals surface area contributed by atoms with Gasteiger partial charge in [-0.2, -0.15) is 0 Å². The second-order valence-electron chi connectivity index (χ2n) is 6.80. The normalized spacial score (nSPS) is 11.0. The molecule has 1 N–H and O–H groups in total. The molecular weight excluding hydrogens is 370 g/mol. The predicted octanol–water partition coefficient (Wildman–Crippen LogP) is 4.87. The Morgan fingerprint density at radius 3 is 2.64 bits per heavy atom. The SMILES string of the molecule is COc1ccc(C)cc1NC(=O)Cc1csc2nc(-c3ccc(C)cc3)cn12. The van der Waals surface area contributed by atoms with Crippen molar-refractivity contribution < 1.29 is 9.53 Å². The number of hydrogen-bond donors (Lipinski definition) is 1. The molecular formula is C22H21N3O2S. The summed E-state index contributed by atoms with van der Waals surface area (Å²) >= 11 is 1.54. The number of benzene rings is 2. The number of nitrogens with one attached hydrogen (secondary N) is 1. The number of aromatic nitrogens is 2. The van der Waals surface area contributed by atoms with Crippen LogP contribution in [0.2, 0.25) is 0 Å². The molecule has 5 nitrogen and oxygen atoms in total. The number of thiazole rings is 1. The first-order chi connectivity index (χ1) is 13.5. The Hall–Kier alpha value is -3.12. The lowest BCUT2D eigenvalue weighted by Gasteiger charge is -2.10. The second-order valence-corrected chi connectivity index (χ2v) is 7.64. The van der Waals surface area contributed by atoms with E-state index in [0.717, 1.165) is 27.5 Å². The molecule has 0 saturated heterocycles. The molecule has 2 aromatic carbocycles. The summed E-state index contributed by atoms with van der Waals surface area (Å²) < 4.78 is 7.33. The van der Waals surface area contributed by atoms with Crippen molar-refractivity contribution in [3.8, 4) is 17.0 Å². The average Bonchev–Trinajstić information content (AvgIpc) is 3.24. The topological polar surface area (TPSA) is 55.6 Å². The number of carbonyl (C=O) groups excluding carboxylic acids is 1. The summed E-state index contributed by atoms with van der Waals surface area (Å²) in [5, 5.41) is 4.94. The minimum atomic E-state index is -0.0887. The quantitative estimate of drug-likeness (QED) is 0.528. The van der Waals surface area contributed by atoms with Crippen LogP contribution in [0.1, 0.15) is 16.8 Å². The molecule has 0 unspecified atom stereocenters. The van der Waals surface area contributed by atoms with Gasteiger partial charge in [0.25, 0.3) is 0 Å². The van der Waals surface area contributed by atoms with Gasteiger partial charge in [-0.15, -0.1) is 11.3 Å². The molecule has 0 atom stereocenters. The van der Waals surface area contributed by atoms with Gasteiger partial charge in [-0.25, -0.2) is 4.98 Å². The van der Waals surface area contributed by atoms with Crippen molar-refractivity contribution >= 4 is 27.9 Å². The van der Waals surface area contributed by atoms with E-state index in [4.69, 9.17) is 9.72 Å². The maximum atomic E-state index is 12.6. The molecule has 2 aromatic heterocycles. The van der Waals surface area contributed by atoms with Crippen molar-refractivity contribution in [1.29, 1.82) is 0 Å². The number of methoxy groups -OCH3 is 1. The standard InChI is InChI=1S/C22H21N3O2S/c1-14-4-7-16(8-5-14)19-12-25-17(13-28-22(25)24-19)11-21(26)23-18-10-15(2)6-9-20(18)27-3/h4-10,12-13H,11H2,1-3H3,(H,23,26). The molecule has 0 saturated carbocycles. The lowest BCUT2D eigenvalue weighted by molar-refractivity contribution is -0.115. The molecule has 142 valence electrons. The van der Waals surface area contributed by atoms with Crippen molar-refractivity contribution in [3.05, 3.63) is 70.9 Å². The molecule has 0 aliphatic rings. The van der Waals surface area contributed by atoms with Crippen LogP contribution >= 0.6 is 11.3 Å². The minimum Gasteiger partial charge on any atom is -0.495 e. The van der Waals surface area contributed by atoms with E-state index in [1.165, 1.54) is 16.9 Å². The number of ether oxygens (including phenoxy) is 1. The zero-order valence-corrected chi connectivity index (χ0v) is 16.8. The van der Waals surface area contributed by atoms with Crippen molar-refractivity contribution in [1.82, 2.24) is 9.38 Å². The van der Waals surface area contributed by atoms with Gasteiger partial charge in [0.2, 0.25) is 5.91 Å². The van der Waals surface area contributed by atoms with Crippen LogP contribution in [0.5, 0.6) is 5.75 Å². The second kappa shape index (κ2) is 7.48. The summed E-state index contributed by atoms with van der Waals surface area (Å²) in [5.74, 6) is 0.563. The lowest BCUT2D eigenvalue weighted by atomic mass is 10.1. The van der Waals surface area contributed by atoms with E-state index in [-0.39, 0.29) is 12.3 Å². The maximum absolute atomic E-state index is 12.6.